The number of hydrogen-bond donors (Lipinski definition) is 0. The number of hydrogen-bond acceptors (Lipinski definition) is 3. The van der Waals surface area contributed by atoms with Crippen molar-refractivity contribution in [2.45, 2.75) is 0 Å². The van der Waals surface area contributed by atoms with Gasteiger partial charge in [-0.1, -0.05) is 0 Å². The molecule has 1 rings (SSSR count). The summed E-state index contributed by atoms with van der Waals surface area (Å²) in [4.78, 5) is 3.92. The Labute approximate surface area is 66.8 Å². The van der Waals surface area contributed by atoms with Crippen LogP contribution in [0.3, 0.4) is 0 Å². The lowest BCUT2D eigenvalue weighted by atomic mass is 11.3. The zero-order valence-corrected chi connectivity index (χ0v) is 7.62. The molecule has 0 spiro atoms. The fourth-order valence-electron chi connectivity index (χ4n) is 0.189. The summed E-state index contributed by atoms with van der Waals surface area (Å²) >= 11 is 6.61. The van der Waals surface area contributed by atoms with E-state index >= 15 is 0 Å². The van der Waals surface area contributed by atoms with Crippen LogP contribution in [0.4, 0.5) is 0 Å². The van der Waals surface area contributed by atoms with Crippen molar-refractivity contribution in [1.82, 2.24) is 9.36 Å². The van der Waals surface area contributed by atoms with Crippen molar-refractivity contribution in [3.63, 3.8) is 0 Å². The first-order valence-corrected chi connectivity index (χ1v) is 4.08. The van der Waals surface area contributed by atoms with Crippen molar-refractivity contribution in [1.29, 1.82) is 0 Å². The van der Waals surface area contributed by atoms with E-state index in [2.05, 4.69) is 47.9 Å². The molecule has 5 heteroatoms. The van der Waals surface area contributed by atoms with Gasteiger partial charge in [-0.3, -0.25) is 0 Å². The maximum Gasteiger partial charge on any atom is 0.209 e. The molecule has 1 aromatic heterocycles. The molecular weight excluding hydrogens is 291 g/mol. The van der Waals surface area contributed by atoms with Crippen LogP contribution in [0.1, 0.15) is 0 Å². The number of nitrogens with zero attached hydrogens (tertiary/aromatic N) is 2. The second-order valence-electron chi connectivity index (χ2n) is 0.816. The van der Waals surface area contributed by atoms with E-state index in [-0.39, 0.29) is 0 Å². The average molecular weight is 291 g/mol. The molecule has 0 aliphatic rings. The van der Waals surface area contributed by atoms with Crippen LogP contribution in [0, 0.1) is 3.01 Å². The predicted molar refractivity (Wildman–Crippen MR) is 40.3 cm³/mol. The Morgan fingerprint density at radius 2 is 2.43 bits per heavy atom. The third-order valence-corrected chi connectivity index (χ3v) is 2.30. The Morgan fingerprint density at radius 1 is 1.71 bits per heavy atom. The normalized spacial score (nSPS) is 9.43. The molecule has 7 heavy (non-hydrogen) atoms. The molecule has 0 atom stereocenters. The van der Waals surface area contributed by atoms with E-state index in [4.69, 9.17) is 0 Å². The van der Waals surface area contributed by atoms with Crippen molar-refractivity contribution >= 4 is 50.1 Å². The van der Waals surface area contributed by atoms with Gasteiger partial charge in [-0.05, 0) is 50.1 Å². The summed E-state index contributed by atoms with van der Waals surface area (Å²) in [6.07, 6.45) is 0. The highest BCUT2D eigenvalue weighted by molar-refractivity contribution is 14.1. The van der Waals surface area contributed by atoms with Gasteiger partial charge in [0.1, 0.15) is 0 Å². The lowest BCUT2D eigenvalue weighted by Crippen LogP contribution is -1.62. The monoisotopic (exact) mass is 290 g/mol. The van der Waals surface area contributed by atoms with E-state index in [0.29, 0.717) is 4.73 Å². The summed E-state index contributed by atoms with van der Waals surface area (Å²) in [6.45, 7) is 0. The van der Waals surface area contributed by atoms with Gasteiger partial charge < -0.3 is 0 Å². The molecule has 0 amide bonds. The topological polar surface area (TPSA) is 25.8 Å². The standard InChI is InChI=1S/C2BrIN2S/c3-1-5-2(4)7-6-1. The van der Waals surface area contributed by atoms with Crippen molar-refractivity contribution in [2.24, 2.45) is 0 Å². The third-order valence-electron chi connectivity index (χ3n) is 0.376. The Hall–Kier alpha value is 0.770. The number of halogens is 2. The van der Waals surface area contributed by atoms with Gasteiger partial charge in [0.15, 0.2) is 3.01 Å². The van der Waals surface area contributed by atoms with Gasteiger partial charge in [0.25, 0.3) is 0 Å². The van der Waals surface area contributed by atoms with Crippen molar-refractivity contribution in [3.05, 3.63) is 7.75 Å². The molecular formula is C2BrIN2S. The van der Waals surface area contributed by atoms with Crippen molar-refractivity contribution in [3.8, 4) is 0 Å². The summed E-state index contributed by atoms with van der Waals surface area (Å²) in [5.41, 5.74) is 0. The van der Waals surface area contributed by atoms with E-state index in [9.17, 15) is 0 Å². The highest BCUT2D eigenvalue weighted by Crippen LogP contribution is 2.10. The van der Waals surface area contributed by atoms with Crippen molar-refractivity contribution < 1.29 is 0 Å². The second-order valence-corrected chi connectivity index (χ2v) is 4.03. The van der Waals surface area contributed by atoms with Gasteiger partial charge in [-0.15, -0.1) is 0 Å². The summed E-state index contributed by atoms with van der Waals surface area (Å²) in [7, 11) is 0. The van der Waals surface area contributed by atoms with Gasteiger partial charge in [0.2, 0.25) is 4.73 Å². The SMILES string of the molecule is Brc1nsc(I)n1. The van der Waals surface area contributed by atoms with Crippen LogP contribution in [0.15, 0.2) is 4.73 Å². The molecule has 0 radical (unpaired) electrons. The molecule has 0 saturated heterocycles. The van der Waals surface area contributed by atoms with Crippen LogP contribution in [0.25, 0.3) is 0 Å². The average Bonchev–Trinajstić information content (AvgIpc) is 1.87. The summed E-state index contributed by atoms with van der Waals surface area (Å²) in [5, 5.41) is 0. The Bertz CT molecular complexity index is 148. The molecule has 0 bridgehead atoms. The molecule has 0 saturated carbocycles. The van der Waals surface area contributed by atoms with Crippen LogP contribution in [0.2, 0.25) is 0 Å². The predicted octanol–water partition coefficient (Wildman–Crippen LogP) is 1.91. The van der Waals surface area contributed by atoms with Gasteiger partial charge in [0.05, 0.1) is 0 Å². The lowest BCUT2D eigenvalue weighted by Gasteiger charge is -1.63. The van der Waals surface area contributed by atoms with Gasteiger partial charge in [-0.2, -0.15) is 4.37 Å². The number of rotatable bonds is 0. The summed E-state index contributed by atoms with van der Waals surface area (Å²) in [5.74, 6) is 0. The van der Waals surface area contributed by atoms with Gasteiger partial charge in [0, 0.05) is 0 Å². The highest BCUT2D eigenvalue weighted by atomic mass is 127. The van der Waals surface area contributed by atoms with E-state index in [1.807, 2.05) is 0 Å². The first-order valence-electron chi connectivity index (χ1n) is 1.44. The van der Waals surface area contributed by atoms with E-state index in [1.165, 1.54) is 11.5 Å². The van der Waals surface area contributed by atoms with Crippen LogP contribution < -0.4 is 0 Å². The van der Waals surface area contributed by atoms with E-state index in [0.717, 1.165) is 3.01 Å². The van der Waals surface area contributed by atoms with Crippen LogP contribution in [-0.2, 0) is 0 Å². The molecule has 2 nitrogen and oxygen atoms in total. The molecule has 0 N–H and O–H groups in total. The minimum atomic E-state index is 0.682. The second kappa shape index (κ2) is 2.36. The first kappa shape index (κ1) is 5.90. The maximum atomic E-state index is 3.92. The highest BCUT2D eigenvalue weighted by Gasteiger charge is 1.91. The van der Waals surface area contributed by atoms with Crippen LogP contribution in [-0.4, -0.2) is 9.36 Å². The minimum absolute atomic E-state index is 0.682. The number of aromatic nitrogens is 2. The summed E-state index contributed by atoms with van der Waals surface area (Å²) in [6, 6.07) is 0. The summed E-state index contributed by atoms with van der Waals surface area (Å²) < 4.78 is 5.50. The molecule has 38 valence electrons. The molecule has 1 aromatic rings. The van der Waals surface area contributed by atoms with Crippen molar-refractivity contribution in [2.75, 3.05) is 0 Å². The molecule has 0 aromatic carbocycles. The molecule has 0 fully saturated rings. The lowest BCUT2D eigenvalue weighted by molar-refractivity contribution is 1.23. The molecule has 1 heterocycles. The zero-order valence-electron chi connectivity index (χ0n) is 3.06. The Kier molecular flexibility index (Phi) is 1.99. The first-order chi connectivity index (χ1) is 3.29. The van der Waals surface area contributed by atoms with Crippen LogP contribution >= 0.6 is 50.1 Å². The smallest absolute Gasteiger partial charge is 0.203 e. The van der Waals surface area contributed by atoms with E-state index < -0.39 is 0 Å². The van der Waals surface area contributed by atoms with Gasteiger partial charge >= 0.3 is 0 Å². The van der Waals surface area contributed by atoms with Gasteiger partial charge in [-0.25, -0.2) is 4.98 Å². The maximum absolute atomic E-state index is 3.92. The van der Waals surface area contributed by atoms with Crippen LogP contribution in [0.5, 0.6) is 0 Å². The molecule has 0 aliphatic carbocycles. The fraction of sp³-hybridized carbons (Fsp3) is 0. The fourth-order valence-corrected chi connectivity index (χ4v) is 1.87. The Balaban J connectivity index is 3.04. The quantitative estimate of drug-likeness (QED) is 0.682. The molecule has 0 unspecified atom stereocenters. The minimum Gasteiger partial charge on any atom is -0.203 e. The van der Waals surface area contributed by atoms with E-state index in [1.54, 1.807) is 0 Å². The zero-order chi connectivity index (χ0) is 5.28. The Morgan fingerprint density at radius 3 is 2.57 bits per heavy atom. The molecule has 0 aliphatic heterocycles. The third kappa shape index (κ3) is 1.61. The largest absolute Gasteiger partial charge is 0.209 e.